The number of ether oxygens (including phenoxy) is 3. The van der Waals surface area contributed by atoms with Gasteiger partial charge in [-0.3, -0.25) is 14.5 Å². The van der Waals surface area contributed by atoms with Crippen LogP contribution in [0.25, 0.3) is 0 Å². The summed E-state index contributed by atoms with van der Waals surface area (Å²) in [5, 5.41) is 12.2. The van der Waals surface area contributed by atoms with Crippen LogP contribution in [0, 0.1) is 0 Å². The average molecular weight is 756 g/mol. The number of aromatic nitrogens is 1. The first-order valence-corrected chi connectivity index (χ1v) is 18.8. The van der Waals surface area contributed by atoms with Crippen molar-refractivity contribution in [2.45, 2.75) is 30.8 Å². The third-order valence-corrected chi connectivity index (χ3v) is 10.2. The molecule has 6 rings (SSSR count). The van der Waals surface area contributed by atoms with E-state index >= 15 is 0 Å². The fraction of sp³-hybridized carbons (Fsp3) is 0.263. The van der Waals surface area contributed by atoms with Crippen LogP contribution < -0.4 is 10.6 Å². The van der Waals surface area contributed by atoms with Crippen molar-refractivity contribution in [1.82, 2.24) is 15.2 Å². The Labute approximate surface area is 314 Å². The Morgan fingerprint density at radius 1 is 0.868 bits per heavy atom. The van der Waals surface area contributed by atoms with Gasteiger partial charge in [0.05, 0.1) is 6.61 Å². The lowest BCUT2D eigenvalue weighted by Gasteiger charge is -2.48. The molecule has 0 radical (unpaired) electrons. The molecule has 1 unspecified atom stereocenters. The third-order valence-electron chi connectivity index (χ3n) is 8.30. The second-order valence-electron chi connectivity index (χ2n) is 11.5. The molecule has 53 heavy (non-hydrogen) atoms. The Morgan fingerprint density at radius 3 is 2.06 bits per heavy atom. The van der Waals surface area contributed by atoms with Gasteiger partial charge in [0.1, 0.15) is 48.2 Å². The van der Waals surface area contributed by atoms with E-state index in [1.54, 1.807) is 25.3 Å². The molecule has 0 aliphatic carbocycles. The molecule has 4 aromatic rings. The summed E-state index contributed by atoms with van der Waals surface area (Å²) in [6.45, 7) is 3.30. The highest BCUT2D eigenvalue weighted by molar-refractivity contribution is 8.00. The number of nitrogens with zero attached hydrogens (tertiary/aromatic N) is 3. The molecular weight excluding hydrogens is 719 g/mol. The summed E-state index contributed by atoms with van der Waals surface area (Å²) in [4.78, 5) is 62.8. The molecule has 1 saturated heterocycles. The van der Waals surface area contributed by atoms with Crippen molar-refractivity contribution in [3.05, 3.63) is 131 Å². The number of rotatable bonds is 15. The van der Waals surface area contributed by atoms with Gasteiger partial charge in [0, 0.05) is 11.1 Å². The van der Waals surface area contributed by atoms with Gasteiger partial charge >= 0.3 is 12.1 Å². The maximum Gasteiger partial charge on any atom is 0.508 e. The summed E-state index contributed by atoms with van der Waals surface area (Å²) in [5.74, 6) is -1.50. The first kappa shape index (κ1) is 37.1. The highest BCUT2D eigenvalue weighted by atomic mass is 32.2. The molecule has 15 heteroatoms. The van der Waals surface area contributed by atoms with E-state index in [2.05, 4.69) is 56.9 Å². The van der Waals surface area contributed by atoms with Crippen LogP contribution in [0.3, 0.4) is 0 Å². The molecule has 274 valence electrons. The molecule has 2 amide bonds. The highest BCUT2D eigenvalue weighted by Crippen LogP contribution is 2.41. The summed E-state index contributed by atoms with van der Waals surface area (Å²) >= 11 is 2.68. The van der Waals surface area contributed by atoms with Gasteiger partial charge in [0.25, 0.3) is 11.8 Å². The smallest absolute Gasteiger partial charge is 0.457 e. The SMILES string of the molecule is CCON=C(C(=O)NC1C(=O)N2C(C(=O)OCCOC(=O)OCC)=CCS[C@@H]12)c1csc(NC(c2ccccc2)(c2ccccc2)c2ccccc2)n1. The molecule has 1 fully saturated rings. The number of carbonyl (C=O) groups is 4. The van der Waals surface area contributed by atoms with E-state index < -0.39 is 40.9 Å². The maximum atomic E-state index is 13.8. The van der Waals surface area contributed by atoms with Crippen molar-refractivity contribution in [1.29, 1.82) is 0 Å². The van der Waals surface area contributed by atoms with Crippen LogP contribution in [0.4, 0.5) is 9.93 Å². The van der Waals surface area contributed by atoms with E-state index in [0.717, 1.165) is 16.7 Å². The summed E-state index contributed by atoms with van der Waals surface area (Å²) in [6, 6.07) is 29.2. The monoisotopic (exact) mass is 755 g/mol. The minimum Gasteiger partial charge on any atom is -0.457 e. The van der Waals surface area contributed by atoms with Crippen LogP contribution in [-0.2, 0) is 39.0 Å². The topological polar surface area (TPSA) is 158 Å². The molecule has 2 aliphatic heterocycles. The highest BCUT2D eigenvalue weighted by Gasteiger charge is 2.53. The summed E-state index contributed by atoms with van der Waals surface area (Å²) in [6.07, 6.45) is 0.711. The number of oxime groups is 1. The fourth-order valence-electron chi connectivity index (χ4n) is 5.95. The van der Waals surface area contributed by atoms with Crippen LogP contribution in [-0.4, -0.2) is 83.1 Å². The molecule has 3 heterocycles. The quantitative estimate of drug-likeness (QED) is 0.0406. The normalized spacial score (nSPS) is 16.7. The van der Waals surface area contributed by atoms with Crippen LogP contribution in [0.15, 0.2) is 113 Å². The van der Waals surface area contributed by atoms with E-state index in [-0.39, 0.29) is 43.5 Å². The van der Waals surface area contributed by atoms with Gasteiger partial charge in [-0.15, -0.1) is 23.1 Å². The van der Waals surface area contributed by atoms with Crippen molar-refractivity contribution in [2.75, 3.05) is 37.5 Å². The molecule has 13 nitrogen and oxygen atoms in total. The van der Waals surface area contributed by atoms with Gasteiger partial charge in [0.2, 0.25) is 0 Å². The number of β-lactam (4-membered cyclic amide) rings is 1. The molecule has 3 aromatic carbocycles. The van der Waals surface area contributed by atoms with Crippen LogP contribution in [0.2, 0.25) is 0 Å². The number of thiazole rings is 1. The second kappa shape index (κ2) is 17.2. The first-order chi connectivity index (χ1) is 25.9. The number of anilines is 1. The number of hydrogen-bond donors (Lipinski definition) is 2. The van der Waals surface area contributed by atoms with E-state index in [1.807, 2.05) is 54.6 Å². The minimum absolute atomic E-state index is 0.0533. The number of fused-ring (bicyclic) bond motifs is 1. The van der Waals surface area contributed by atoms with Crippen molar-refractivity contribution >= 4 is 57.9 Å². The van der Waals surface area contributed by atoms with E-state index in [0.29, 0.717) is 10.9 Å². The van der Waals surface area contributed by atoms with Crippen LogP contribution in [0.5, 0.6) is 0 Å². The predicted molar refractivity (Wildman–Crippen MR) is 200 cm³/mol. The Balaban J connectivity index is 1.19. The number of thioether (sulfide) groups is 1. The number of hydrogen-bond acceptors (Lipinski definition) is 13. The first-order valence-electron chi connectivity index (χ1n) is 16.9. The van der Waals surface area contributed by atoms with E-state index in [9.17, 15) is 19.2 Å². The van der Waals surface area contributed by atoms with Gasteiger partial charge < -0.3 is 29.7 Å². The van der Waals surface area contributed by atoms with Gasteiger partial charge in [-0.25, -0.2) is 14.6 Å². The van der Waals surface area contributed by atoms with Crippen LogP contribution >= 0.6 is 23.1 Å². The minimum atomic E-state index is -0.943. The fourth-order valence-corrected chi connectivity index (χ4v) is 7.89. The number of nitrogens with one attached hydrogen (secondary N) is 2. The van der Waals surface area contributed by atoms with Crippen LogP contribution in [0.1, 0.15) is 36.2 Å². The number of carbonyl (C=O) groups excluding carboxylic acids is 4. The van der Waals surface area contributed by atoms with Crippen molar-refractivity contribution in [3.8, 4) is 0 Å². The van der Waals surface area contributed by atoms with Crippen molar-refractivity contribution < 1.29 is 38.2 Å². The standard InChI is InChI=1S/C38H37N5O8S2/c1-3-48-37(47)50-22-21-49-35(46)29-20-23-52-34-31(33(45)43(29)34)40-32(44)30(42-51-4-2)28-24-53-36(39-28)41-38(25-14-8-5-9-15-25,26-16-10-6-11-17-26)27-18-12-7-13-19-27/h5-20,24,31,34H,3-4,21-23H2,1-2H3,(H,39,41)(H,40,44)/t31?,34-/m0/s1. The summed E-state index contributed by atoms with van der Waals surface area (Å²) in [5.41, 5.74) is 2.29. The maximum absolute atomic E-state index is 13.8. The van der Waals surface area contributed by atoms with E-state index in [4.69, 9.17) is 19.3 Å². The largest absolute Gasteiger partial charge is 0.508 e. The Morgan fingerprint density at radius 2 is 1.47 bits per heavy atom. The lowest BCUT2D eigenvalue weighted by atomic mass is 9.77. The molecule has 0 spiro atoms. The summed E-state index contributed by atoms with van der Waals surface area (Å²) < 4.78 is 14.7. The summed E-state index contributed by atoms with van der Waals surface area (Å²) in [7, 11) is 0. The van der Waals surface area contributed by atoms with Gasteiger partial charge in [-0.2, -0.15) is 0 Å². The van der Waals surface area contributed by atoms with E-state index in [1.165, 1.54) is 28.0 Å². The Bertz CT molecular complexity index is 1880. The third kappa shape index (κ3) is 8.05. The van der Waals surface area contributed by atoms with Gasteiger partial charge in [0.15, 0.2) is 10.8 Å². The molecule has 0 bridgehead atoms. The van der Waals surface area contributed by atoms with Crippen molar-refractivity contribution in [3.63, 3.8) is 0 Å². The zero-order valence-electron chi connectivity index (χ0n) is 28.9. The molecular formula is C38H37N5O8S2. The number of benzene rings is 3. The Hall–Kier alpha value is -5.67. The molecule has 2 N–H and O–H groups in total. The van der Waals surface area contributed by atoms with Gasteiger partial charge in [-0.05, 0) is 36.6 Å². The zero-order valence-corrected chi connectivity index (χ0v) is 30.6. The van der Waals surface area contributed by atoms with Gasteiger partial charge in [-0.1, -0.05) is 96.2 Å². The Kier molecular flexibility index (Phi) is 12.1. The molecule has 0 saturated carbocycles. The molecule has 2 aliphatic rings. The lowest BCUT2D eigenvalue weighted by Crippen LogP contribution is -2.70. The molecule has 1 aromatic heterocycles. The average Bonchev–Trinajstić information content (AvgIpc) is 3.66. The number of amides is 2. The second-order valence-corrected chi connectivity index (χ2v) is 13.5. The molecule has 2 atom stereocenters. The predicted octanol–water partition coefficient (Wildman–Crippen LogP) is 5.29. The number of esters is 1. The van der Waals surface area contributed by atoms with Crippen molar-refractivity contribution in [2.24, 2.45) is 5.16 Å². The lowest BCUT2D eigenvalue weighted by molar-refractivity contribution is -0.152. The zero-order chi connectivity index (χ0) is 37.2.